The Morgan fingerprint density at radius 1 is 0.909 bits per heavy atom. The second-order valence-corrected chi connectivity index (χ2v) is 10.6. The van der Waals surface area contributed by atoms with E-state index in [4.69, 9.17) is 0 Å². The number of nitrogens with one attached hydrogen (secondary N) is 1. The Hall–Kier alpha value is -3.59. The van der Waals surface area contributed by atoms with Gasteiger partial charge in [0.25, 0.3) is 15.6 Å². The van der Waals surface area contributed by atoms with Crippen LogP contribution in [-0.4, -0.2) is 27.6 Å². The molecule has 2 aromatic carbocycles. The minimum absolute atomic E-state index is 0.00803. The van der Waals surface area contributed by atoms with Crippen LogP contribution >= 0.6 is 0 Å². The standard InChI is InChI=1S/C24H27N5O3S/c1-17-21(23(30)29(27(17)5)19-14-10-7-11-15-19)26-33(31,32)20-16-28(18-12-8-6-9-13-18)25-22(20)24(2,3)4/h6-16,26H,1-5H3. The first-order valence-corrected chi connectivity index (χ1v) is 12.0. The highest BCUT2D eigenvalue weighted by molar-refractivity contribution is 7.92. The minimum Gasteiger partial charge on any atom is -0.283 e. The summed E-state index contributed by atoms with van der Waals surface area (Å²) in [6.45, 7) is 7.41. The van der Waals surface area contributed by atoms with Crippen molar-refractivity contribution in [3.63, 3.8) is 0 Å². The van der Waals surface area contributed by atoms with Crippen LogP contribution in [0.1, 0.15) is 32.2 Å². The number of hydrogen-bond acceptors (Lipinski definition) is 4. The van der Waals surface area contributed by atoms with E-state index in [1.165, 1.54) is 10.9 Å². The van der Waals surface area contributed by atoms with E-state index < -0.39 is 21.0 Å². The molecule has 4 rings (SSSR count). The Labute approximate surface area is 193 Å². The number of nitrogens with zero attached hydrogens (tertiary/aromatic N) is 4. The highest BCUT2D eigenvalue weighted by atomic mass is 32.2. The van der Waals surface area contributed by atoms with Crippen molar-refractivity contribution in [1.29, 1.82) is 0 Å². The average molecular weight is 466 g/mol. The van der Waals surface area contributed by atoms with E-state index in [1.807, 2.05) is 69.3 Å². The maximum Gasteiger partial charge on any atom is 0.296 e. The maximum absolute atomic E-state index is 13.6. The maximum atomic E-state index is 13.6. The molecule has 0 fully saturated rings. The number of benzene rings is 2. The van der Waals surface area contributed by atoms with Gasteiger partial charge in [-0.2, -0.15) is 5.10 Å². The van der Waals surface area contributed by atoms with Crippen molar-refractivity contribution in [2.45, 2.75) is 38.0 Å². The number of aromatic nitrogens is 4. The van der Waals surface area contributed by atoms with Gasteiger partial charge in [-0.25, -0.2) is 17.8 Å². The van der Waals surface area contributed by atoms with Crippen LogP contribution in [0, 0.1) is 6.92 Å². The van der Waals surface area contributed by atoms with Gasteiger partial charge in [0.15, 0.2) is 0 Å². The summed E-state index contributed by atoms with van der Waals surface area (Å²) in [4.78, 5) is 13.3. The van der Waals surface area contributed by atoms with Crippen LogP contribution in [0.5, 0.6) is 0 Å². The van der Waals surface area contributed by atoms with E-state index in [-0.39, 0.29) is 10.6 Å². The van der Waals surface area contributed by atoms with Crippen LogP contribution in [0.4, 0.5) is 5.69 Å². The number of para-hydroxylation sites is 2. The van der Waals surface area contributed by atoms with E-state index in [2.05, 4.69) is 9.82 Å². The van der Waals surface area contributed by atoms with E-state index in [0.29, 0.717) is 17.1 Å². The molecule has 2 aromatic heterocycles. The smallest absolute Gasteiger partial charge is 0.283 e. The summed E-state index contributed by atoms with van der Waals surface area (Å²) < 4.78 is 34.3. The second kappa shape index (κ2) is 8.08. The number of rotatable bonds is 5. The second-order valence-electron chi connectivity index (χ2n) is 8.91. The molecule has 2 heterocycles. The summed E-state index contributed by atoms with van der Waals surface area (Å²) in [6, 6.07) is 18.4. The summed E-state index contributed by atoms with van der Waals surface area (Å²) in [6.07, 6.45) is 1.49. The number of anilines is 1. The van der Waals surface area contributed by atoms with Gasteiger partial charge in [0, 0.05) is 12.5 Å². The molecule has 0 aliphatic heterocycles. The molecule has 0 radical (unpaired) electrons. The van der Waals surface area contributed by atoms with Gasteiger partial charge in [0.2, 0.25) is 0 Å². The third-order valence-electron chi connectivity index (χ3n) is 5.49. The molecule has 0 bridgehead atoms. The monoisotopic (exact) mass is 465 g/mol. The summed E-state index contributed by atoms with van der Waals surface area (Å²) in [5.74, 6) is 0. The van der Waals surface area contributed by atoms with Gasteiger partial charge in [0.1, 0.15) is 10.6 Å². The van der Waals surface area contributed by atoms with E-state index in [1.54, 1.807) is 35.5 Å². The summed E-state index contributed by atoms with van der Waals surface area (Å²) in [5.41, 5.74) is 1.32. The van der Waals surface area contributed by atoms with Crippen LogP contribution < -0.4 is 10.3 Å². The third kappa shape index (κ3) is 4.11. The molecular weight excluding hydrogens is 438 g/mol. The highest BCUT2D eigenvalue weighted by Crippen LogP contribution is 2.30. The number of hydrogen-bond donors (Lipinski definition) is 1. The molecule has 33 heavy (non-hydrogen) atoms. The third-order valence-corrected chi connectivity index (χ3v) is 6.84. The van der Waals surface area contributed by atoms with E-state index >= 15 is 0 Å². The zero-order chi connectivity index (χ0) is 24.0. The summed E-state index contributed by atoms with van der Waals surface area (Å²) in [7, 11) is -2.39. The van der Waals surface area contributed by atoms with Crippen molar-refractivity contribution in [2.75, 3.05) is 4.72 Å². The molecule has 0 spiro atoms. The Bertz CT molecular complexity index is 1460. The molecule has 1 N–H and O–H groups in total. The Morgan fingerprint density at radius 3 is 2.00 bits per heavy atom. The van der Waals surface area contributed by atoms with Crippen molar-refractivity contribution in [3.8, 4) is 11.4 Å². The number of sulfonamides is 1. The van der Waals surface area contributed by atoms with Crippen LogP contribution in [0.2, 0.25) is 0 Å². The summed E-state index contributed by atoms with van der Waals surface area (Å²) >= 11 is 0. The molecule has 0 saturated carbocycles. The Balaban J connectivity index is 1.83. The topological polar surface area (TPSA) is 90.9 Å². The van der Waals surface area contributed by atoms with Crippen LogP contribution in [0.3, 0.4) is 0 Å². The van der Waals surface area contributed by atoms with Gasteiger partial charge in [-0.1, -0.05) is 57.2 Å². The van der Waals surface area contributed by atoms with Gasteiger partial charge in [0.05, 0.1) is 29.0 Å². The van der Waals surface area contributed by atoms with Crippen molar-refractivity contribution in [3.05, 3.63) is 88.6 Å². The zero-order valence-electron chi connectivity index (χ0n) is 19.3. The molecule has 9 heteroatoms. The lowest BCUT2D eigenvalue weighted by Crippen LogP contribution is -2.24. The van der Waals surface area contributed by atoms with Gasteiger partial charge >= 0.3 is 0 Å². The molecule has 0 unspecified atom stereocenters. The lowest BCUT2D eigenvalue weighted by atomic mass is 9.92. The first-order valence-electron chi connectivity index (χ1n) is 10.5. The van der Waals surface area contributed by atoms with Crippen molar-refractivity contribution in [1.82, 2.24) is 19.1 Å². The minimum atomic E-state index is -4.10. The van der Waals surface area contributed by atoms with Crippen LogP contribution in [0.25, 0.3) is 11.4 Å². The lowest BCUT2D eigenvalue weighted by molar-refractivity contribution is 0.543. The zero-order valence-corrected chi connectivity index (χ0v) is 20.1. The molecule has 4 aromatic rings. The molecule has 0 aliphatic rings. The predicted octanol–water partition coefficient (Wildman–Crippen LogP) is 3.77. The fourth-order valence-electron chi connectivity index (χ4n) is 3.66. The van der Waals surface area contributed by atoms with Crippen LogP contribution in [-0.2, 0) is 22.5 Å². The molecule has 0 atom stereocenters. The van der Waals surface area contributed by atoms with Crippen molar-refractivity contribution < 1.29 is 8.42 Å². The molecule has 8 nitrogen and oxygen atoms in total. The average Bonchev–Trinajstić information content (AvgIpc) is 3.33. The van der Waals surface area contributed by atoms with Gasteiger partial charge in [-0.15, -0.1) is 0 Å². The van der Waals surface area contributed by atoms with E-state index in [0.717, 1.165) is 5.69 Å². The predicted molar refractivity (Wildman–Crippen MR) is 129 cm³/mol. The normalized spacial score (nSPS) is 12.2. The quantitative estimate of drug-likeness (QED) is 0.486. The lowest BCUT2D eigenvalue weighted by Gasteiger charge is -2.17. The van der Waals surface area contributed by atoms with Gasteiger partial charge in [-0.05, 0) is 31.2 Å². The molecule has 0 amide bonds. The van der Waals surface area contributed by atoms with Gasteiger partial charge in [-0.3, -0.25) is 14.2 Å². The SMILES string of the molecule is Cc1c(NS(=O)(=O)c2cn(-c3ccccc3)nc2C(C)(C)C)c(=O)n(-c2ccccc2)n1C. The fourth-order valence-corrected chi connectivity index (χ4v) is 5.12. The fraction of sp³-hybridized carbons (Fsp3) is 0.250. The first kappa shape index (κ1) is 22.6. The van der Waals surface area contributed by atoms with Crippen molar-refractivity contribution >= 4 is 15.7 Å². The first-order chi connectivity index (χ1) is 15.5. The molecule has 0 aliphatic carbocycles. The van der Waals surface area contributed by atoms with Crippen molar-refractivity contribution in [2.24, 2.45) is 7.05 Å². The Morgan fingerprint density at radius 2 is 1.45 bits per heavy atom. The largest absolute Gasteiger partial charge is 0.296 e. The highest BCUT2D eigenvalue weighted by Gasteiger charge is 2.32. The van der Waals surface area contributed by atoms with Gasteiger partial charge < -0.3 is 0 Å². The summed E-state index contributed by atoms with van der Waals surface area (Å²) in [5, 5.41) is 4.58. The van der Waals surface area contributed by atoms with E-state index in [9.17, 15) is 13.2 Å². The molecular formula is C24H27N5O3S. The Kier molecular flexibility index (Phi) is 5.53. The molecule has 0 saturated heterocycles. The molecule has 172 valence electrons. The van der Waals surface area contributed by atoms with Crippen LogP contribution in [0.15, 0.2) is 76.6 Å².